The highest BCUT2D eigenvalue weighted by atomic mass is 16.6. The van der Waals surface area contributed by atoms with Crippen LogP contribution < -0.4 is 0 Å². The number of hydrazone groups is 2. The van der Waals surface area contributed by atoms with Crippen LogP contribution in [0.15, 0.2) is 51.2 Å². The summed E-state index contributed by atoms with van der Waals surface area (Å²) >= 11 is 0. The van der Waals surface area contributed by atoms with E-state index >= 15 is 0 Å². The van der Waals surface area contributed by atoms with Gasteiger partial charge in [-0.3, -0.25) is 0 Å². The second-order valence-electron chi connectivity index (χ2n) is 5.65. The lowest BCUT2D eigenvalue weighted by Gasteiger charge is -2.03. The molecular weight excluding hydrogens is 336 g/mol. The van der Waals surface area contributed by atoms with Crippen molar-refractivity contribution in [2.45, 2.75) is 0 Å². The maximum atomic E-state index is 11.4. The number of fused-ring (bicyclic) bond motifs is 1. The quantitative estimate of drug-likeness (QED) is 0.361. The lowest BCUT2D eigenvalue weighted by Crippen LogP contribution is -2.04. The van der Waals surface area contributed by atoms with Gasteiger partial charge in [-0.1, -0.05) is 12.1 Å². The summed E-state index contributed by atoms with van der Waals surface area (Å²) in [5.41, 5.74) is 1.17. The van der Waals surface area contributed by atoms with Gasteiger partial charge in [0, 0.05) is 33.8 Å². The number of carbonyl (C=O) groups is 2. The molecule has 0 radical (unpaired) electrons. The molecular formula is C18H20N4O4. The highest BCUT2D eigenvalue weighted by Gasteiger charge is 2.31. The van der Waals surface area contributed by atoms with Crippen LogP contribution >= 0.6 is 0 Å². The van der Waals surface area contributed by atoms with Crippen molar-refractivity contribution in [2.75, 3.05) is 28.2 Å². The molecule has 0 amide bonds. The number of hydrogen-bond acceptors (Lipinski definition) is 8. The van der Waals surface area contributed by atoms with Gasteiger partial charge in [-0.25, -0.2) is 9.59 Å². The summed E-state index contributed by atoms with van der Waals surface area (Å²) in [6.07, 6.45) is 4.82. The molecule has 0 atom stereocenters. The van der Waals surface area contributed by atoms with Crippen molar-refractivity contribution >= 4 is 24.4 Å². The summed E-state index contributed by atoms with van der Waals surface area (Å²) in [6, 6.07) is 8.65. The Labute approximate surface area is 151 Å². The van der Waals surface area contributed by atoms with Crippen LogP contribution in [0.4, 0.5) is 0 Å². The molecule has 0 unspecified atom stereocenters. The topological polar surface area (TPSA) is 87.7 Å². The summed E-state index contributed by atoms with van der Waals surface area (Å²) in [4.78, 5) is 22.7. The van der Waals surface area contributed by atoms with Crippen LogP contribution in [-0.2, 0) is 4.74 Å². The summed E-state index contributed by atoms with van der Waals surface area (Å²) in [6.45, 7) is 0. The van der Waals surface area contributed by atoms with E-state index < -0.39 is 11.9 Å². The molecule has 0 spiro atoms. The molecule has 26 heavy (non-hydrogen) atoms. The van der Waals surface area contributed by atoms with E-state index in [1.54, 1.807) is 54.8 Å². The summed E-state index contributed by atoms with van der Waals surface area (Å²) in [5.74, 6) is -0.436. The number of benzene rings is 1. The largest absolute Gasteiger partial charge is 0.463 e. The number of rotatable bonds is 4. The lowest BCUT2D eigenvalue weighted by molar-refractivity contribution is 0.0443. The fourth-order valence-corrected chi connectivity index (χ4v) is 1.98. The number of hydrogen-bond donors (Lipinski definition) is 0. The zero-order valence-electron chi connectivity index (χ0n) is 15.0. The van der Waals surface area contributed by atoms with Crippen molar-refractivity contribution in [3.05, 3.63) is 59.0 Å². The highest BCUT2D eigenvalue weighted by molar-refractivity contribution is 6.17. The molecule has 0 aliphatic carbocycles. The van der Waals surface area contributed by atoms with Crippen molar-refractivity contribution in [1.29, 1.82) is 0 Å². The highest BCUT2D eigenvalue weighted by Crippen LogP contribution is 2.22. The number of cyclic esters (lactones) is 2. The van der Waals surface area contributed by atoms with Crippen molar-refractivity contribution in [2.24, 2.45) is 10.2 Å². The summed E-state index contributed by atoms with van der Waals surface area (Å²) < 4.78 is 9.53. The van der Waals surface area contributed by atoms with Gasteiger partial charge >= 0.3 is 11.9 Å². The van der Waals surface area contributed by atoms with Crippen LogP contribution in [0, 0.1) is 0 Å². The molecule has 0 bridgehead atoms. The first-order chi connectivity index (χ1) is 12.4. The Kier molecular flexibility index (Phi) is 6.26. The van der Waals surface area contributed by atoms with Gasteiger partial charge in [0.2, 0.25) is 0 Å². The van der Waals surface area contributed by atoms with E-state index in [1.807, 2.05) is 26.2 Å². The third kappa shape index (κ3) is 5.04. The van der Waals surface area contributed by atoms with E-state index in [0.717, 1.165) is 5.76 Å². The number of esters is 2. The zero-order chi connectivity index (χ0) is 19.1. The molecule has 136 valence electrons. The van der Waals surface area contributed by atoms with E-state index in [4.69, 9.17) is 4.42 Å². The fraction of sp³-hybridized carbons (Fsp3) is 0.222. The molecule has 0 saturated carbocycles. The zero-order valence-corrected chi connectivity index (χ0v) is 15.0. The van der Waals surface area contributed by atoms with Gasteiger partial charge in [-0.05, 0) is 18.2 Å². The Morgan fingerprint density at radius 2 is 1.58 bits per heavy atom. The van der Waals surface area contributed by atoms with Crippen molar-refractivity contribution in [3.63, 3.8) is 0 Å². The second-order valence-corrected chi connectivity index (χ2v) is 5.65. The predicted molar refractivity (Wildman–Crippen MR) is 97.5 cm³/mol. The molecule has 1 aromatic heterocycles. The predicted octanol–water partition coefficient (Wildman–Crippen LogP) is 2.07. The standard InChI is InChI=1S/C11H10N2O3.C7H10N2O/c1-13(2)12-6-7-4-3-5-8-9(7)11(15)16-10(8)14;1-9(2)8-6-7-4-3-5-10-7/h3-6H,1-2H3;3-6H,1-2H3/b12-6-;8-6+. The van der Waals surface area contributed by atoms with E-state index in [1.165, 1.54) is 6.21 Å². The smallest absolute Gasteiger partial charge is 0.347 e. The van der Waals surface area contributed by atoms with Gasteiger partial charge in [-0.2, -0.15) is 10.2 Å². The third-order valence-corrected chi connectivity index (χ3v) is 3.09. The summed E-state index contributed by atoms with van der Waals surface area (Å²) in [5, 5.41) is 11.3. The molecule has 0 fully saturated rings. The number of nitrogens with zero attached hydrogens (tertiary/aromatic N) is 4. The minimum Gasteiger partial charge on any atom is -0.463 e. The van der Waals surface area contributed by atoms with Crippen LogP contribution in [-0.4, -0.2) is 62.6 Å². The Morgan fingerprint density at radius 3 is 2.19 bits per heavy atom. The van der Waals surface area contributed by atoms with Crippen molar-refractivity contribution in [1.82, 2.24) is 10.0 Å². The molecule has 3 rings (SSSR count). The first-order valence-electron chi connectivity index (χ1n) is 7.74. The number of furan rings is 1. The average Bonchev–Trinajstić information content (AvgIpc) is 3.20. The lowest BCUT2D eigenvalue weighted by atomic mass is 10.0. The molecule has 2 heterocycles. The van der Waals surface area contributed by atoms with Crippen molar-refractivity contribution in [3.8, 4) is 0 Å². The Bertz CT molecular complexity index is 824. The molecule has 0 N–H and O–H groups in total. The van der Waals surface area contributed by atoms with Gasteiger partial charge in [0.15, 0.2) is 0 Å². The van der Waals surface area contributed by atoms with Crippen LogP contribution in [0.5, 0.6) is 0 Å². The number of carbonyl (C=O) groups excluding carboxylic acids is 2. The van der Waals surface area contributed by atoms with E-state index in [2.05, 4.69) is 14.9 Å². The second kappa shape index (κ2) is 8.61. The summed E-state index contributed by atoms with van der Waals surface area (Å²) in [7, 11) is 7.26. The van der Waals surface area contributed by atoms with E-state index in [0.29, 0.717) is 11.1 Å². The van der Waals surface area contributed by atoms with Crippen LogP contribution in [0.25, 0.3) is 0 Å². The molecule has 8 heteroatoms. The van der Waals surface area contributed by atoms with Gasteiger partial charge in [0.1, 0.15) is 5.76 Å². The molecule has 1 aliphatic heterocycles. The SMILES string of the molecule is CN(C)/N=C/c1ccco1.CN(C)/N=C\c1cccc2c1C(=O)OC2=O. The molecule has 0 saturated heterocycles. The Hall–Kier alpha value is -3.42. The van der Waals surface area contributed by atoms with Gasteiger partial charge in [-0.15, -0.1) is 0 Å². The van der Waals surface area contributed by atoms with Gasteiger partial charge in [0.25, 0.3) is 0 Å². The van der Waals surface area contributed by atoms with E-state index in [9.17, 15) is 9.59 Å². The maximum Gasteiger partial charge on any atom is 0.347 e. The minimum absolute atomic E-state index is 0.290. The van der Waals surface area contributed by atoms with Gasteiger partial charge in [0.05, 0.1) is 29.8 Å². The minimum atomic E-state index is -0.610. The Morgan fingerprint density at radius 1 is 0.885 bits per heavy atom. The Balaban J connectivity index is 0.000000209. The number of ether oxygens (including phenoxy) is 1. The van der Waals surface area contributed by atoms with Crippen LogP contribution in [0.1, 0.15) is 32.0 Å². The molecule has 2 aromatic rings. The first-order valence-corrected chi connectivity index (χ1v) is 7.74. The van der Waals surface area contributed by atoms with Crippen molar-refractivity contribution < 1.29 is 18.7 Å². The monoisotopic (exact) mass is 356 g/mol. The normalized spacial score (nSPS) is 12.8. The van der Waals surface area contributed by atoms with Crippen LogP contribution in [0.2, 0.25) is 0 Å². The molecule has 1 aromatic carbocycles. The average molecular weight is 356 g/mol. The maximum absolute atomic E-state index is 11.4. The molecule has 8 nitrogen and oxygen atoms in total. The van der Waals surface area contributed by atoms with E-state index in [-0.39, 0.29) is 5.56 Å². The van der Waals surface area contributed by atoms with Gasteiger partial charge < -0.3 is 19.2 Å². The third-order valence-electron chi connectivity index (χ3n) is 3.09. The first kappa shape index (κ1) is 18.9. The molecule has 1 aliphatic rings. The fourth-order valence-electron chi connectivity index (χ4n) is 1.98. The van der Waals surface area contributed by atoms with Crippen LogP contribution in [0.3, 0.4) is 0 Å².